The average molecular weight is 398 g/mol. The molecule has 0 heterocycles. The summed E-state index contributed by atoms with van der Waals surface area (Å²) in [5.74, 6) is -1.10. The van der Waals surface area contributed by atoms with Gasteiger partial charge in [0.05, 0.1) is 13.0 Å². The Hall–Kier alpha value is -2.17. The van der Waals surface area contributed by atoms with Crippen molar-refractivity contribution in [1.29, 1.82) is 0 Å². The van der Waals surface area contributed by atoms with E-state index in [0.29, 0.717) is 19.3 Å². The van der Waals surface area contributed by atoms with E-state index in [4.69, 9.17) is 4.74 Å². The number of carbonyl (C=O) groups is 3. The summed E-state index contributed by atoms with van der Waals surface area (Å²) in [6.45, 7) is 4.40. The Morgan fingerprint density at radius 1 is 1.24 bits per heavy atom. The number of carboxylic acid groups (broad SMARTS) is 1. The number of aliphatic carboxylic acids is 1. The van der Waals surface area contributed by atoms with Gasteiger partial charge in [-0.05, 0) is 50.0 Å². The number of carboxylic acids is 1. The van der Waals surface area contributed by atoms with E-state index >= 15 is 0 Å². The lowest BCUT2D eigenvalue weighted by Crippen LogP contribution is -2.44. The molecule has 0 radical (unpaired) electrons. The quantitative estimate of drug-likeness (QED) is 0.561. The number of hydrogen-bond acceptors (Lipinski definition) is 4. The van der Waals surface area contributed by atoms with Crippen molar-refractivity contribution >= 4 is 17.7 Å². The molecule has 0 bridgehead atoms. The van der Waals surface area contributed by atoms with E-state index in [-0.39, 0.29) is 40.8 Å². The molecule has 5 nitrogen and oxygen atoms in total. The Labute approximate surface area is 171 Å². The first-order valence-electron chi connectivity index (χ1n) is 10.7. The highest BCUT2D eigenvalue weighted by Crippen LogP contribution is 2.62. The Morgan fingerprint density at radius 3 is 2.69 bits per heavy atom. The number of hydrogen-bond donors (Lipinski definition) is 1. The van der Waals surface area contributed by atoms with Crippen LogP contribution < -0.4 is 0 Å². The lowest BCUT2D eigenvalue weighted by Gasteiger charge is -2.50. The van der Waals surface area contributed by atoms with Gasteiger partial charge in [-0.25, -0.2) is 0 Å². The molecule has 4 aliphatic carbocycles. The van der Waals surface area contributed by atoms with Gasteiger partial charge < -0.3 is 9.84 Å². The van der Waals surface area contributed by atoms with Crippen molar-refractivity contribution in [3.05, 3.63) is 34.4 Å². The second-order valence-electron chi connectivity index (χ2n) is 9.60. The van der Waals surface area contributed by atoms with Crippen molar-refractivity contribution in [2.75, 3.05) is 7.11 Å². The van der Waals surface area contributed by atoms with Crippen LogP contribution in [-0.2, 0) is 19.1 Å². The zero-order chi connectivity index (χ0) is 21.0. The lowest BCUT2D eigenvalue weighted by atomic mass is 9.53. The fraction of sp³-hybridized carbons (Fsp3) is 0.625. The molecule has 4 aliphatic rings. The molecule has 0 aromatic heterocycles. The molecule has 29 heavy (non-hydrogen) atoms. The molecule has 0 saturated heterocycles. The standard InChI is InChI=1S/C24H30O5/c1-23(10-8-20(26)27)9-7-16-18(23)4-5-19-21(16)17(22(28)29-3)13-14-12-15(25)6-11-24(14,19)2/h5,12,17,21H,4,6-11,13H2,1-3H3,(H,26,27)/t17-,21?,23+,24+/m1/s1. The van der Waals surface area contributed by atoms with Crippen LogP contribution >= 0.6 is 0 Å². The van der Waals surface area contributed by atoms with Crippen LogP contribution in [0.1, 0.15) is 65.2 Å². The van der Waals surface area contributed by atoms with E-state index in [0.717, 1.165) is 31.3 Å². The maximum absolute atomic E-state index is 12.8. The molecule has 0 aromatic rings. The highest BCUT2D eigenvalue weighted by atomic mass is 16.5. The van der Waals surface area contributed by atoms with E-state index in [1.54, 1.807) is 6.08 Å². The monoisotopic (exact) mass is 398 g/mol. The minimum absolute atomic E-state index is 0.0215. The molecular formula is C24H30O5. The van der Waals surface area contributed by atoms with Crippen LogP contribution in [-0.4, -0.2) is 29.9 Å². The van der Waals surface area contributed by atoms with Crippen LogP contribution in [0.3, 0.4) is 0 Å². The topological polar surface area (TPSA) is 80.7 Å². The number of rotatable bonds is 4. The molecular weight excluding hydrogens is 368 g/mol. The third-order valence-corrected chi connectivity index (χ3v) is 8.09. The van der Waals surface area contributed by atoms with Crippen LogP contribution in [0.5, 0.6) is 0 Å². The third-order valence-electron chi connectivity index (χ3n) is 8.09. The molecule has 0 aromatic carbocycles. The minimum atomic E-state index is -0.758. The van der Waals surface area contributed by atoms with Crippen molar-refractivity contribution in [2.45, 2.75) is 65.2 Å². The summed E-state index contributed by atoms with van der Waals surface area (Å²) in [5.41, 5.74) is 4.74. The summed E-state index contributed by atoms with van der Waals surface area (Å²) in [6, 6.07) is 0. The highest BCUT2D eigenvalue weighted by molar-refractivity contribution is 5.92. The largest absolute Gasteiger partial charge is 0.481 e. The van der Waals surface area contributed by atoms with Gasteiger partial charge in [0, 0.05) is 24.2 Å². The second-order valence-corrected chi connectivity index (χ2v) is 9.60. The molecule has 0 spiro atoms. The Morgan fingerprint density at radius 2 is 2.00 bits per heavy atom. The Bertz CT molecular complexity index is 876. The molecule has 156 valence electrons. The van der Waals surface area contributed by atoms with Crippen molar-refractivity contribution in [1.82, 2.24) is 0 Å². The van der Waals surface area contributed by atoms with Gasteiger partial charge in [0.2, 0.25) is 0 Å². The molecule has 1 fully saturated rings. The van der Waals surface area contributed by atoms with Gasteiger partial charge in [0.25, 0.3) is 0 Å². The van der Waals surface area contributed by atoms with Gasteiger partial charge in [-0.1, -0.05) is 42.2 Å². The molecule has 4 rings (SSSR count). The number of ketones is 1. The van der Waals surface area contributed by atoms with Gasteiger partial charge in [0.1, 0.15) is 0 Å². The van der Waals surface area contributed by atoms with E-state index in [9.17, 15) is 19.5 Å². The van der Waals surface area contributed by atoms with Crippen LogP contribution in [0.2, 0.25) is 0 Å². The highest BCUT2D eigenvalue weighted by Gasteiger charge is 2.53. The molecule has 5 heteroatoms. The molecule has 1 unspecified atom stereocenters. The summed E-state index contributed by atoms with van der Waals surface area (Å²) in [5, 5.41) is 9.18. The molecule has 0 aliphatic heterocycles. The predicted octanol–water partition coefficient (Wildman–Crippen LogP) is 4.38. The maximum atomic E-state index is 12.8. The number of fused-ring (bicyclic) bond motifs is 4. The van der Waals surface area contributed by atoms with Crippen molar-refractivity contribution in [2.24, 2.45) is 22.7 Å². The van der Waals surface area contributed by atoms with Gasteiger partial charge in [-0.3, -0.25) is 14.4 Å². The van der Waals surface area contributed by atoms with E-state index in [1.807, 2.05) is 0 Å². The normalized spacial score (nSPS) is 35.9. The molecule has 4 atom stereocenters. The third kappa shape index (κ3) is 3.10. The molecule has 0 amide bonds. The number of ether oxygens (including phenoxy) is 1. The van der Waals surface area contributed by atoms with Crippen LogP contribution in [0, 0.1) is 22.7 Å². The summed E-state index contributed by atoms with van der Waals surface area (Å²) in [6.07, 6.45) is 9.45. The molecule has 1 saturated carbocycles. The van der Waals surface area contributed by atoms with E-state index < -0.39 is 5.97 Å². The lowest BCUT2D eigenvalue weighted by molar-refractivity contribution is -0.147. The average Bonchev–Trinajstić information content (AvgIpc) is 3.03. The second kappa shape index (κ2) is 6.96. The maximum Gasteiger partial charge on any atom is 0.309 e. The summed E-state index contributed by atoms with van der Waals surface area (Å²) < 4.78 is 5.18. The van der Waals surface area contributed by atoms with Crippen LogP contribution in [0.15, 0.2) is 34.4 Å². The summed E-state index contributed by atoms with van der Waals surface area (Å²) >= 11 is 0. The zero-order valence-corrected chi connectivity index (χ0v) is 17.5. The summed E-state index contributed by atoms with van der Waals surface area (Å²) in [4.78, 5) is 36.0. The van der Waals surface area contributed by atoms with E-state index in [2.05, 4.69) is 19.9 Å². The number of esters is 1. The first kappa shape index (κ1) is 20.1. The fourth-order valence-electron chi connectivity index (χ4n) is 6.33. The Kier molecular flexibility index (Phi) is 4.83. The smallest absolute Gasteiger partial charge is 0.309 e. The van der Waals surface area contributed by atoms with Crippen molar-refractivity contribution < 1.29 is 24.2 Å². The van der Waals surface area contributed by atoms with Gasteiger partial charge in [0.15, 0.2) is 5.78 Å². The van der Waals surface area contributed by atoms with E-state index in [1.165, 1.54) is 23.8 Å². The Balaban J connectivity index is 1.77. The molecule has 1 N–H and O–H groups in total. The van der Waals surface area contributed by atoms with Gasteiger partial charge in [-0.2, -0.15) is 0 Å². The number of allylic oxidation sites excluding steroid dienone is 6. The number of carbonyl (C=O) groups excluding carboxylic acids is 2. The first-order valence-corrected chi connectivity index (χ1v) is 10.7. The SMILES string of the molecule is COC(=O)[C@@H]1CC2=CC(=O)CC[C@]2(C)C2=CCC3=C(CC[C@@]3(C)CCC(=O)O)C21. The van der Waals surface area contributed by atoms with Crippen LogP contribution in [0.25, 0.3) is 0 Å². The zero-order valence-electron chi connectivity index (χ0n) is 17.5. The first-order chi connectivity index (χ1) is 13.7. The van der Waals surface area contributed by atoms with Crippen molar-refractivity contribution in [3.63, 3.8) is 0 Å². The van der Waals surface area contributed by atoms with Crippen LogP contribution in [0.4, 0.5) is 0 Å². The van der Waals surface area contributed by atoms with Crippen molar-refractivity contribution in [3.8, 4) is 0 Å². The summed E-state index contributed by atoms with van der Waals surface area (Å²) in [7, 11) is 1.43. The minimum Gasteiger partial charge on any atom is -0.481 e. The fourth-order valence-corrected chi connectivity index (χ4v) is 6.33. The predicted molar refractivity (Wildman–Crippen MR) is 108 cm³/mol. The van der Waals surface area contributed by atoms with Gasteiger partial charge in [-0.15, -0.1) is 0 Å². The number of methoxy groups -OCH3 is 1. The van der Waals surface area contributed by atoms with Gasteiger partial charge >= 0.3 is 11.9 Å².